The van der Waals surface area contributed by atoms with Crippen molar-refractivity contribution in [1.82, 2.24) is 15.0 Å². The Balaban J connectivity index is 1.82. The quantitative estimate of drug-likeness (QED) is 0.822. The molecule has 0 aliphatic carbocycles. The van der Waals surface area contributed by atoms with Crippen molar-refractivity contribution < 1.29 is 9.47 Å². The van der Waals surface area contributed by atoms with Crippen molar-refractivity contribution in [3.05, 3.63) is 0 Å². The maximum absolute atomic E-state index is 5.78. The molecule has 0 radical (unpaired) electrons. The van der Waals surface area contributed by atoms with Crippen LogP contribution >= 0.6 is 0 Å². The van der Waals surface area contributed by atoms with Crippen LogP contribution in [0.4, 0.5) is 11.9 Å². The zero-order chi connectivity index (χ0) is 12.5. The molecule has 2 bridgehead atoms. The highest BCUT2D eigenvalue weighted by atomic mass is 16.5. The normalized spacial score (nSPS) is 26.4. The number of hydrogen-bond acceptors (Lipinski definition) is 7. The van der Waals surface area contributed by atoms with Crippen LogP contribution in [0.2, 0.25) is 0 Å². The van der Waals surface area contributed by atoms with Crippen molar-refractivity contribution in [2.75, 3.05) is 30.3 Å². The molecule has 2 atom stereocenters. The van der Waals surface area contributed by atoms with Crippen molar-refractivity contribution in [3.8, 4) is 6.01 Å². The van der Waals surface area contributed by atoms with Crippen molar-refractivity contribution in [1.29, 1.82) is 0 Å². The molecule has 0 spiro atoms. The number of hydrogen-bond donors (Lipinski definition) is 1. The molecular formula is C11H17N5O2. The monoisotopic (exact) mass is 251 g/mol. The molecule has 1 aromatic rings. The van der Waals surface area contributed by atoms with Crippen LogP contribution in [0.5, 0.6) is 6.01 Å². The summed E-state index contributed by atoms with van der Waals surface area (Å²) >= 11 is 0. The smallest absolute Gasteiger partial charge is 0.323 e. The van der Waals surface area contributed by atoms with Gasteiger partial charge in [0.15, 0.2) is 0 Å². The second-order valence-electron chi connectivity index (χ2n) is 4.57. The van der Waals surface area contributed by atoms with Crippen LogP contribution in [0.1, 0.15) is 19.8 Å². The van der Waals surface area contributed by atoms with E-state index < -0.39 is 0 Å². The second kappa shape index (κ2) is 4.56. The molecule has 18 heavy (non-hydrogen) atoms. The molecule has 3 heterocycles. The summed E-state index contributed by atoms with van der Waals surface area (Å²) in [6, 6.07) is 0.291. The van der Waals surface area contributed by atoms with Crippen molar-refractivity contribution >= 4 is 11.9 Å². The molecule has 2 aliphatic heterocycles. The minimum atomic E-state index is 0.197. The average Bonchev–Trinajstić information content (AvgIpc) is 2.68. The van der Waals surface area contributed by atoms with Gasteiger partial charge in [0.1, 0.15) is 0 Å². The predicted octanol–water partition coefficient (Wildman–Crippen LogP) is 0.220. The first-order valence-corrected chi connectivity index (χ1v) is 6.29. The van der Waals surface area contributed by atoms with Gasteiger partial charge in [-0.1, -0.05) is 0 Å². The topological polar surface area (TPSA) is 86.4 Å². The van der Waals surface area contributed by atoms with Crippen LogP contribution in [0, 0.1) is 0 Å². The molecule has 1 aromatic heterocycles. The lowest BCUT2D eigenvalue weighted by Gasteiger charge is -2.32. The van der Waals surface area contributed by atoms with E-state index in [0.717, 1.165) is 25.9 Å². The third-order valence-corrected chi connectivity index (χ3v) is 3.22. The summed E-state index contributed by atoms with van der Waals surface area (Å²) in [6.45, 7) is 4.02. The first-order chi connectivity index (χ1) is 8.74. The van der Waals surface area contributed by atoms with Crippen LogP contribution in [-0.4, -0.2) is 46.9 Å². The van der Waals surface area contributed by atoms with E-state index in [4.69, 9.17) is 15.2 Å². The summed E-state index contributed by atoms with van der Waals surface area (Å²) in [6.07, 6.45) is 2.80. The Morgan fingerprint density at radius 1 is 1.28 bits per heavy atom. The number of nitrogen functional groups attached to an aromatic ring is 1. The maximum atomic E-state index is 5.78. The summed E-state index contributed by atoms with van der Waals surface area (Å²) in [7, 11) is 0. The fourth-order valence-corrected chi connectivity index (χ4v) is 2.47. The molecule has 2 N–H and O–H groups in total. The van der Waals surface area contributed by atoms with Gasteiger partial charge >= 0.3 is 6.01 Å². The molecule has 2 unspecified atom stereocenters. The highest BCUT2D eigenvalue weighted by Crippen LogP contribution is 2.28. The number of ether oxygens (including phenoxy) is 2. The SMILES string of the molecule is CCOc1nc(N)nc(N2CC3CCC(C2)O3)n1. The van der Waals surface area contributed by atoms with Gasteiger partial charge in [-0.25, -0.2) is 0 Å². The number of aromatic nitrogens is 3. The van der Waals surface area contributed by atoms with Crippen molar-refractivity contribution in [2.45, 2.75) is 32.0 Å². The Kier molecular flexibility index (Phi) is 2.91. The summed E-state index contributed by atoms with van der Waals surface area (Å²) < 4.78 is 11.1. The van der Waals surface area contributed by atoms with Gasteiger partial charge < -0.3 is 20.1 Å². The minimum Gasteiger partial charge on any atom is -0.464 e. The van der Waals surface area contributed by atoms with Crippen LogP contribution in [0.15, 0.2) is 0 Å². The van der Waals surface area contributed by atoms with Crippen molar-refractivity contribution in [2.24, 2.45) is 0 Å². The number of morpholine rings is 1. The lowest BCUT2D eigenvalue weighted by molar-refractivity contribution is 0.0298. The van der Waals surface area contributed by atoms with Crippen LogP contribution in [-0.2, 0) is 4.74 Å². The minimum absolute atomic E-state index is 0.197. The van der Waals surface area contributed by atoms with Crippen LogP contribution in [0.25, 0.3) is 0 Å². The largest absolute Gasteiger partial charge is 0.464 e. The van der Waals surface area contributed by atoms with E-state index in [1.807, 2.05) is 6.92 Å². The number of fused-ring (bicyclic) bond motifs is 2. The van der Waals surface area contributed by atoms with E-state index in [0.29, 0.717) is 18.6 Å². The summed E-state index contributed by atoms with van der Waals surface area (Å²) in [5.41, 5.74) is 5.68. The third-order valence-electron chi connectivity index (χ3n) is 3.22. The molecule has 7 nitrogen and oxygen atoms in total. The zero-order valence-electron chi connectivity index (χ0n) is 10.4. The highest BCUT2D eigenvalue weighted by molar-refractivity contribution is 5.37. The molecule has 3 rings (SSSR count). The molecule has 98 valence electrons. The number of rotatable bonds is 3. The molecular weight excluding hydrogens is 234 g/mol. The van der Waals surface area contributed by atoms with Gasteiger partial charge in [0, 0.05) is 13.1 Å². The van der Waals surface area contributed by atoms with E-state index in [9.17, 15) is 0 Å². The maximum Gasteiger partial charge on any atom is 0.323 e. The lowest BCUT2D eigenvalue weighted by Crippen LogP contribution is -2.43. The van der Waals surface area contributed by atoms with E-state index in [1.165, 1.54) is 0 Å². The van der Waals surface area contributed by atoms with Gasteiger partial charge in [0.2, 0.25) is 11.9 Å². The molecule has 0 aromatic carbocycles. The molecule has 0 amide bonds. The molecule has 2 fully saturated rings. The van der Waals surface area contributed by atoms with Gasteiger partial charge in [0.05, 0.1) is 18.8 Å². The van der Waals surface area contributed by atoms with E-state index in [2.05, 4.69) is 19.9 Å². The fraction of sp³-hybridized carbons (Fsp3) is 0.727. The number of nitrogens with two attached hydrogens (primary N) is 1. The van der Waals surface area contributed by atoms with Gasteiger partial charge in [-0.2, -0.15) is 15.0 Å². The van der Waals surface area contributed by atoms with Gasteiger partial charge in [-0.15, -0.1) is 0 Å². The summed E-state index contributed by atoms with van der Waals surface area (Å²) in [5, 5.41) is 0. The third kappa shape index (κ3) is 2.17. The van der Waals surface area contributed by atoms with Crippen LogP contribution < -0.4 is 15.4 Å². The molecule has 7 heteroatoms. The Hall–Kier alpha value is -1.63. The van der Waals surface area contributed by atoms with Gasteiger partial charge in [-0.05, 0) is 19.8 Å². The van der Waals surface area contributed by atoms with E-state index >= 15 is 0 Å². The van der Waals surface area contributed by atoms with E-state index in [1.54, 1.807) is 0 Å². The summed E-state index contributed by atoms with van der Waals surface area (Å²) in [5.74, 6) is 0.786. The standard InChI is InChI=1S/C11H17N5O2/c1-2-17-11-14-9(12)13-10(15-11)16-5-7-3-4-8(6-16)18-7/h7-8H,2-6H2,1H3,(H2,12,13,14,15). The lowest BCUT2D eigenvalue weighted by atomic mass is 10.2. The Labute approximate surface area is 105 Å². The first-order valence-electron chi connectivity index (χ1n) is 6.29. The molecule has 0 saturated carbocycles. The second-order valence-corrected chi connectivity index (χ2v) is 4.57. The zero-order valence-corrected chi connectivity index (χ0v) is 10.4. The molecule has 2 aliphatic rings. The van der Waals surface area contributed by atoms with Crippen molar-refractivity contribution in [3.63, 3.8) is 0 Å². The van der Waals surface area contributed by atoms with Gasteiger partial charge in [0.25, 0.3) is 0 Å². The Morgan fingerprint density at radius 3 is 2.67 bits per heavy atom. The summed E-state index contributed by atoms with van der Waals surface area (Å²) in [4.78, 5) is 14.5. The molecule has 2 saturated heterocycles. The van der Waals surface area contributed by atoms with Crippen LogP contribution in [0.3, 0.4) is 0 Å². The first kappa shape index (κ1) is 11.5. The Bertz CT molecular complexity index is 429. The number of nitrogens with zero attached hydrogens (tertiary/aromatic N) is 4. The Morgan fingerprint density at radius 2 is 2.00 bits per heavy atom. The van der Waals surface area contributed by atoms with Gasteiger partial charge in [-0.3, -0.25) is 0 Å². The fourth-order valence-electron chi connectivity index (χ4n) is 2.47. The predicted molar refractivity (Wildman–Crippen MR) is 65.5 cm³/mol. The average molecular weight is 251 g/mol. The van der Waals surface area contributed by atoms with E-state index in [-0.39, 0.29) is 18.2 Å². The highest BCUT2D eigenvalue weighted by Gasteiger charge is 2.35. The number of anilines is 2.